The molecule has 0 saturated carbocycles. The van der Waals surface area contributed by atoms with Gasteiger partial charge in [0.15, 0.2) is 5.69 Å². The molecule has 1 aromatic rings. The van der Waals surface area contributed by atoms with E-state index in [4.69, 9.17) is 20.1 Å². The molecule has 6 nitrogen and oxygen atoms in total. The number of hydrogen-bond donors (Lipinski definition) is 2. The molecule has 102 valence electrons. The summed E-state index contributed by atoms with van der Waals surface area (Å²) in [6.07, 6.45) is 0. The number of anilines is 1. The van der Waals surface area contributed by atoms with Gasteiger partial charge < -0.3 is 20.1 Å². The third kappa shape index (κ3) is 2.31. The Balaban J connectivity index is 2.35. The zero-order valence-corrected chi connectivity index (χ0v) is 11.4. The van der Waals surface area contributed by atoms with E-state index in [1.807, 2.05) is 27.7 Å². The first kappa shape index (κ1) is 13.8. The summed E-state index contributed by atoms with van der Waals surface area (Å²) in [5, 5.41) is 9.01. The number of nitrogen functional groups attached to an aromatic ring is 1. The van der Waals surface area contributed by atoms with Crippen LogP contribution in [0.4, 0.5) is 5.69 Å². The van der Waals surface area contributed by atoms with Crippen LogP contribution in [-0.4, -0.2) is 34.4 Å². The quantitative estimate of drug-likeness (QED) is 0.762. The van der Waals surface area contributed by atoms with E-state index in [0.717, 1.165) is 0 Å². The fraction of sp³-hybridized carbons (Fsp3) is 0.500. The van der Waals surface area contributed by atoms with Gasteiger partial charge in [0.1, 0.15) is 0 Å². The van der Waals surface area contributed by atoms with Gasteiger partial charge in [0, 0.05) is 0 Å². The van der Waals surface area contributed by atoms with Gasteiger partial charge in [0.25, 0.3) is 0 Å². The van der Waals surface area contributed by atoms with Gasteiger partial charge in [-0.25, -0.2) is 9.78 Å². The number of rotatable bonds is 2. The molecule has 2 rings (SSSR count). The topological polar surface area (TPSA) is 94.7 Å². The second kappa shape index (κ2) is 4.21. The van der Waals surface area contributed by atoms with Crippen molar-refractivity contribution >= 4 is 24.4 Å². The van der Waals surface area contributed by atoms with Crippen LogP contribution in [0.2, 0.25) is 0 Å². The highest BCUT2D eigenvalue weighted by molar-refractivity contribution is 6.61. The number of aromatic carboxylic acids is 1. The molecule has 1 aliphatic rings. The van der Waals surface area contributed by atoms with Crippen LogP contribution in [0.25, 0.3) is 0 Å². The highest BCUT2D eigenvalue weighted by atomic mass is 16.7. The second-order valence-electron chi connectivity index (χ2n) is 5.57. The Morgan fingerprint density at radius 1 is 1.26 bits per heavy atom. The van der Waals surface area contributed by atoms with Gasteiger partial charge >= 0.3 is 13.1 Å². The Morgan fingerprint density at radius 3 is 2.26 bits per heavy atom. The molecular formula is C12H17BN2O4. The van der Waals surface area contributed by atoms with Gasteiger partial charge in [-0.05, 0) is 39.8 Å². The van der Waals surface area contributed by atoms with Crippen molar-refractivity contribution in [1.29, 1.82) is 0 Å². The molecule has 0 atom stereocenters. The Labute approximate surface area is 112 Å². The third-order valence-corrected chi connectivity index (χ3v) is 3.65. The minimum Gasteiger partial charge on any atom is -0.476 e. The summed E-state index contributed by atoms with van der Waals surface area (Å²) in [4.78, 5) is 15.0. The molecule has 0 amide bonds. The number of carbonyl (C=O) groups is 1. The van der Waals surface area contributed by atoms with E-state index in [9.17, 15) is 4.79 Å². The first-order chi connectivity index (χ1) is 8.64. The average Bonchev–Trinajstić information content (AvgIpc) is 2.48. The standard InChI is InChI=1S/C12H17BN2O4/c1-11(2)12(3,4)19-13(18-11)8-6-5-7(14)9(15-8)10(16)17/h5-6H,14H2,1-4H3,(H,16,17). The van der Waals surface area contributed by atoms with Crippen molar-refractivity contribution in [2.24, 2.45) is 0 Å². The van der Waals surface area contributed by atoms with E-state index in [1.165, 1.54) is 6.07 Å². The lowest BCUT2D eigenvalue weighted by atomic mass is 9.84. The lowest BCUT2D eigenvalue weighted by Crippen LogP contribution is -2.41. The number of nitrogens with zero attached hydrogens (tertiary/aromatic N) is 1. The third-order valence-electron chi connectivity index (χ3n) is 3.65. The van der Waals surface area contributed by atoms with Crippen molar-refractivity contribution in [2.75, 3.05) is 5.73 Å². The summed E-state index contributed by atoms with van der Waals surface area (Å²) in [7, 11) is -0.691. The van der Waals surface area contributed by atoms with Crippen LogP contribution in [0.15, 0.2) is 12.1 Å². The van der Waals surface area contributed by atoms with E-state index in [-0.39, 0.29) is 11.4 Å². The van der Waals surface area contributed by atoms with E-state index in [0.29, 0.717) is 5.59 Å². The van der Waals surface area contributed by atoms with Crippen LogP contribution in [0, 0.1) is 0 Å². The summed E-state index contributed by atoms with van der Waals surface area (Å²) in [6.45, 7) is 7.68. The highest BCUT2D eigenvalue weighted by Gasteiger charge is 2.52. The van der Waals surface area contributed by atoms with Crippen molar-refractivity contribution in [2.45, 2.75) is 38.9 Å². The summed E-state index contributed by atoms with van der Waals surface area (Å²) >= 11 is 0. The molecule has 0 bridgehead atoms. The first-order valence-electron chi connectivity index (χ1n) is 5.99. The number of pyridine rings is 1. The summed E-state index contributed by atoms with van der Waals surface area (Å²) in [6, 6.07) is 3.11. The fourth-order valence-electron chi connectivity index (χ4n) is 1.75. The van der Waals surface area contributed by atoms with Gasteiger partial charge in [-0.3, -0.25) is 0 Å². The van der Waals surface area contributed by atoms with Crippen molar-refractivity contribution in [1.82, 2.24) is 4.98 Å². The maximum absolute atomic E-state index is 11.0. The predicted octanol–water partition coefficient (Wildman–Crippen LogP) is 0.661. The second-order valence-corrected chi connectivity index (χ2v) is 5.57. The molecule has 1 aromatic heterocycles. The van der Waals surface area contributed by atoms with Crippen LogP contribution in [-0.2, 0) is 9.31 Å². The number of hydrogen-bond acceptors (Lipinski definition) is 5. The molecular weight excluding hydrogens is 247 g/mol. The van der Waals surface area contributed by atoms with Crippen LogP contribution in [0.1, 0.15) is 38.2 Å². The monoisotopic (exact) mass is 264 g/mol. The van der Waals surface area contributed by atoms with Crippen LogP contribution in [0.3, 0.4) is 0 Å². The Bertz CT molecular complexity index is 514. The van der Waals surface area contributed by atoms with Crippen molar-refractivity contribution in [3.05, 3.63) is 17.8 Å². The minimum absolute atomic E-state index is 0.118. The summed E-state index contributed by atoms with van der Waals surface area (Å²) in [5.74, 6) is -1.17. The predicted molar refractivity (Wildman–Crippen MR) is 71.3 cm³/mol. The summed E-state index contributed by atoms with van der Waals surface area (Å²) < 4.78 is 11.6. The number of nitrogens with two attached hydrogens (primary N) is 1. The van der Waals surface area contributed by atoms with Gasteiger partial charge in [0.05, 0.1) is 22.5 Å². The smallest absolute Gasteiger partial charge is 0.476 e. The Hall–Kier alpha value is -1.60. The molecule has 0 radical (unpaired) electrons. The zero-order chi connectivity index (χ0) is 14.4. The molecule has 7 heteroatoms. The minimum atomic E-state index is -1.17. The van der Waals surface area contributed by atoms with Gasteiger partial charge in [0.2, 0.25) is 0 Å². The molecule has 19 heavy (non-hydrogen) atoms. The molecule has 0 spiro atoms. The molecule has 1 fully saturated rings. The largest absolute Gasteiger partial charge is 0.514 e. The van der Waals surface area contributed by atoms with E-state index in [1.54, 1.807) is 6.07 Å². The molecule has 1 saturated heterocycles. The van der Waals surface area contributed by atoms with Gasteiger partial charge in [-0.2, -0.15) is 0 Å². The maximum atomic E-state index is 11.0. The van der Waals surface area contributed by atoms with Crippen LogP contribution in [0.5, 0.6) is 0 Å². The molecule has 2 heterocycles. The van der Waals surface area contributed by atoms with Crippen molar-refractivity contribution in [3.8, 4) is 0 Å². The molecule has 0 unspecified atom stereocenters. The van der Waals surface area contributed by atoms with Crippen molar-refractivity contribution in [3.63, 3.8) is 0 Å². The van der Waals surface area contributed by atoms with Crippen molar-refractivity contribution < 1.29 is 19.2 Å². The molecule has 0 aliphatic carbocycles. The number of aromatic nitrogens is 1. The zero-order valence-electron chi connectivity index (χ0n) is 11.4. The average molecular weight is 264 g/mol. The Kier molecular flexibility index (Phi) is 3.06. The van der Waals surface area contributed by atoms with Crippen LogP contribution < -0.4 is 11.3 Å². The molecule has 1 aliphatic heterocycles. The molecule has 3 N–H and O–H groups in total. The summed E-state index contributed by atoms with van der Waals surface area (Å²) in [5.41, 5.74) is 4.92. The van der Waals surface area contributed by atoms with Gasteiger partial charge in [-0.15, -0.1) is 0 Å². The number of carboxylic acid groups (broad SMARTS) is 1. The lowest BCUT2D eigenvalue weighted by molar-refractivity contribution is 0.00578. The van der Waals surface area contributed by atoms with Gasteiger partial charge in [-0.1, -0.05) is 0 Å². The normalized spacial score (nSPS) is 20.5. The first-order valence-corrected chi connectivity index (χ1v) is 5.99. The fourth-order valence-corrected chi connectivity index (χ4v) is 1.75. The number of carboxylic acids is 1. The van der Waals surface area contributed by atoms with Crippen LogP contribution >= 0.6 is 0 Å². The van der Waals surface area contributed by atoms with E-state index < -0.39 is 24.3 Å². The highest BCUT2D eigenvalue weighted by Crippen LogP contribution is 2.36. The lowest BCUT2D eigenvalue weighted by Gasteiger charge is -2.32. The SMILES string of the molecule is CC1(C)OB(c2ccc(N)c(C(=O)O)n2)OC1(C)C. The van der Waals surface area contributed by atoms with E-state index >= 15 is 0 Å². The maximum Gasteiger partial charge on any atom is 0.514 e. The Morgan fingerprint density at radius 2 is 1.79 bits per heavy atom. The molecule has 0 aromatic carbocycles. The van der Waals surface area contributed by atoms with E-state index in [2.05, 4.69) is 4.98 Å².